The molecule has 2 aliphatic heterocycles. The smallest absolute Gasteiger partial charge is 0.376 e. The molecule has 0 bridgehead atoms. The Morgan fingerprint density at radius 3 is 2.48 bits per heavy atom. The molecule has 1 unspecified atom stereocenters. The normalized spacial score (nSPS) is 23.7. The van der Waals surface area contributed by atoms with Gasteiger partial charge in [-0.1, -0.05) is 0 Å². The summed E-state index contributed by atoms with van der Waals surface area (Å²) < 4.78 is 52.9. The lowest BCUT2D eigenvalue weighted by molar-refractivity contribution is -0.293. The Balaban J connectivity index is 1.64. The van der Waals surface area contributed by atoms with Crippen LogP contribution >= 0.6 is 0 Å². The summed E-state index contributed by atoms with van der Waals surface area (Å²) in [5.41, 5.74) is -1.41. The van der Waals surface area contributed by atoms with Crippen molar-refractivity contribution in [2.45, 2.75) is 18.6 Å². The van der Waals surface area contributed by atoms with E-state index < -0.39 is 29.3 Å². The summed E-state index contributed by atoms with van der Waals surface area (Å²) in [4.78, 5) is 35.4. The van der Waals surface area contributed by atoms with Crippen LogP contribution in [0.3, 0.4) is 0 Å². The van der Waals surface area contributed by atoms with Crippen LogP contribution in [0.1, 0.15) is 16.2 Å². The molecule has 11 heteroatoms. The van der Waals surface area contributed by atoms with Crippen LogP contribution in [0.4, 0.5) is 18.9 Å². The van der Waals surface area contributed by atoms with Crippen LogP contribution in [0.25, 0.3) is 0 Å². The van der Waals surface area contributed by atoms with Crippen molar-refractivity contribution in [3.8, 4) is 0 Å². The van der Waals surface area contributed by atoms with Crippen LogP contribution in [0.5, 0.6) is 0 Å². The summed E-state index contributed by atoms with van der Waals surface area (Å²) in [7, 11) is 0. The van der Waals surface area contributed by atoms with Crippen molar-refractivity contribution in [2.24, 2.45) is 0 Å². The van der Waals surface area contributed by atoms with Gasteiger partial charge in [-0.2, -0.15) is 8.78 Å². The Morgan fingerprint density at radius 2 is 1.81 bits per heavy atom. The number of nitrogens with zero attached hydrogens (tertiary/aromatic N) is 4. The van der Waals surface area contributed by atoms with Gasteiger partial charge in [-0.05, 0) is 31.2 Å². The van der Waals surface area contributed by atoms with Gasteiger partial charge in [0, 0.05) is 24.6 Å². The second-order valence-corrected chi connectivity index (χ2v) is 7.47. The van der Waals surface area contributed by atoms with E-state index in [0.29, 0.717) is 5.82 Å². The number of morpholine rings is 1. The van der Waals surface area contributed by atoms with Crippen molar-refractivity contribution in [2.75, 3.05) is 37.7 Å². The van der Waals surface area contributed by atoms with E-state index in [4.69, 9.17) is 9.47 Å². The number of anilines is 1. The number of ether oxygens (including phenoxy) is 2. The summed E-state index contributed by atoms with van der Waals surface area (Å²) in [6, 6.07) is 4.60. The second kappa shape index (κ2) is 7.89. The molecule has 164 valence electrons. The number of alkyl halides is 2. The molecule has 3 heterocycles. The van der Waals surface area contributed by atoms with E-state index in [0.717, 1.165) is 17.0 Å². The molecule has 0 radical (unpaired) electrons. The standard InChI is InChI=1S/C20H19F3N4O4/c1-13-24-8-14(9-25-13)17(28)26-6-7-30-12-19(10-26)11-27(18(29)20(22,23)31-19)16-4-2-15(21)3-5-16/h2-5,8-9H,6-7,10-12H2,1H3. The van der Waals surface area contributed by atoms with Crippen molar-refractivity contribution in [1.82, 2.24) is 14.9 Å². The molecule has 2 aliphatic rings. The maximum absolute atomic E-state index is 14.6. The molecule has 2 saturated heterocycles. The number of amides is 2. The largest absolute Gasteiger partial charge is 0.437 e. The molecule has 1 aromatic carbocycles. The van der Waals surface area contributed by atoms with Gasteiger partial charge in [0.05, 0.1) is 31.9 Å². The number of halogens is 3. The molecule has 1 aromatic heterocycles. The third-order valence-corrected chi connectivity index (χ3v) is 5.09. The molecule has 1 atom stereocenters. The van der Waals surface area contributed by atoms with Crippen molar-refractivity contribution in [1.29, 1.82) is 0 Å². The van der Waals surface area contributed by atoms with Gasteiger partial charge in [0.1, 0.15) is 17.2 Å². The van der Waals surface area contributed by atoms with Gasteiger partial charge >= 0.3 is 12.0 Å². The van der Waals surface area contributed by atoms with Crippen LogP contribution in [0, 0.1) is 12.7 Å². The highest BCUT2D eigenvalue weighted by Gasteiger charge is 2.58. The minimum absolute atomic E-state index is 0.0859. The summed E-state index contributed by atoms with van der Waals surface area (Å²) in [5.74, 6) is -2.13. The van der Waals surface area contributed by atoms with Crippen LogP contribution < -0.4 is 4.90 Å². The SMILES string of the molecule is Cc1ncc(C(=O)N2CCOCC3(C2)CN(c2ccc(F)cc2)C(=O)C(F)(F)O3)cn1. The Kier molecular flexibility index (Phi) is 5.40. The lowest BCUT2D eigenvalue weighted by Gasteiger charge is -2.45. The van der Waals surface area contributed by atoms with Crippen molar-refractivity contribution in [3.63, 3.8) is 0 Å². The molecule has 0 saturated carbocycles. The van der Waals surface area contributed by atoms with Crippen LogP contribution in [0.15, 0.2) is 36.7 Å². The fourth-order valence-corrected chi connectivity index (χ4v) is 3.62. The zero-order valence-corrected chi connectivity index (χ0v) is 16.6. The van der Waals surface area contributed by atoms with Crippen LogP contribution in [-0.4, -0.2) is 71.2 Å². The fourth-order valence-electron chi connectivity index (χ4n) is 3.62. The zero-order valence-electron chi connectivity index (χ0n) is 16.6. The number of aromatic nitrogens is 2. The van der Waals surface area contributed by atoms with Crippen molar-refractivity contribution >= 4 is 17.5 Å². The molecule has 2 aromatic rings. The van der Waals surface area contributed by atoms with E-state index in [-0.39, 0.29) is 44.1 Å². The van der Waals surface area contributed by atoms with E-state index in [2.05, 4.69) is 9.97 Å². The topological polar surface area (TPSA) is 84.9 Å². The number of carbonyl (C=O) groups is 2. The summed E-state index contributed by atoms with van der Waals surface area (Å²) in [6.07, 6.45) is -1.44. The fraction of sp³-hybridized carbons (Fsp3) is 0.400. The van der Waals surface area contributed by atoms with E-state index >= 15 is 0 Å². The van der Waals surface area contributed by atoms with E-state index in [1.165, 1.54) is 29.4 Å². The predicted octanol–water partition coefficient (Wildman–Crippen LogP) is 1.79. The second-order valence-electron chi connectivity index (χ2n) is 7.47. The molecule has 8 nitrogen and oxygen atoms in total. The zero-order chi connectivity index (χ0) is 22.2. The summed E-state index contributed by atoms with van der Waals surface area (Å²) in [5, 5.41) is 0. The van der Waals surface area contributed by atoms with Crippen LogP contribution in [-0.2, 0) is 14.3 Å². The van der Waals surface area contributed by atoms with Crippen molar-refractivity contribution < 1.29 is 32.2 Å². The van der Waals surface area contributed by atoms with Gasteiger partial charge in [-0.3, -0.25) is 14.3 Å². The first-order chi connectivity index (χ1) is 14.7. The maximum atomic E-state index is 14.6. The third-order valence-electron chi connectivity index (χ3n) is 5.09. The highest BCUT2D eigenvalue weighted by molar-refractivity contribution is 5.98. The monoisotopic (exact) mass is 436 g/mol. The lowest BCUT2D eigenvalue weighted by Crippen LogP contribution is -2.66. The van der Waals surface area contributed by atoms with E-state index in [1.54, 1.807) is 6.92 Å². The maximum Gasteiger partial charge on any atom is 0.437 e. The highest BCUT2D eigenvalue weighted by atomic mass is 19.3. The number of hydrogen-bond donors (Lipinski definition) is 0. The van der Waals surface area contributed by atoms with E-state index in [9.17, 15) is 22.8 Å². The molecule has 0 aliphatic carbocycles. The predicted molar refractivity (Wildman–Crippen MR) is 101 cm³/mol. The third kappa shape index (κ3) is 4.23. The Labute approximate surface area is 175 Å². The van der Waals surface area contributed by atoms with E-state index in [1.807, 2.05) is 0 Å². The molecule has 31 heavy (non-hydrogen) atoms. The van der Waals surface area contributed by atoms with Gasteiger partial charge in [-0.15, -0.1) is 0 Å². The van der Waals surface area contributed by atoms with Gasteiger partial charge in [-0.25, -0.2) is 14.4 Å². The number of aryl methyl sites for hydroxylation is 1. The van der Waals surface area contributed by atoms with Gasteiger partial charge in [0.25, 0.3) is 5.91 Å². The van der Waals surface area contributed by atoms with Gasteiger partial charge in [0.15, 0.2) is 0 Å². The molecule has 0 N–H and O–H groups in total. The van der Waals surface area contributed by atoms with Crippen molar-refractivity contribution in [3.05, 3.63) is 53.9 Å². The number of hydrogen-bond acceptors (Lipinski definition) is 6. The quantitative estimate of drug-likeness (QED) is 0.714. The first-order valence-corrected chi connectivity index (χ1v) is 9.50. The molecule has 4 rings (SSSR count). The Bertz CT molecular complexity index is 987. The molecule has 1 spiro atoms. The Hall–Kier alpha value is -3.05. The minimum Gasteiger partial charge on any atom is -0.376 e. The molecule has 2 amide bonds. The summed E-state index contributed by atoms with van der Waals surface area (Å²) >= 11 is 0. The number of rotatable bonds is 2. The van der Waals surface area contributed by atoms with Gasteiger partial charge < -0.3 is 14.5 Å². The number of benzene rings is 1. The van der Waals surface area contributed by atoms with Gasteiger partial charge in [0.2, 0.25) is 0 Å². The average Bonchev–Trinajstić information content (AvgIpc) is 2.94. The first kappa shape index (κ1) is 21.2. The average molecular weight is 436 g/mol. The lowest BCUT2D eigenvalue weighted by atomic mass is 10.00. The Morgan fingerprint density at radius 1 is 1.13 bits per heavy atom. The minimum atomic E-state index is -4.15. The highest BCUT2D eigenvalue weighted by Crippen LogP contribution is 2.37. The first-order valence-electron chi connectivity index (χ1n) is 9.50. The summed E-state index contributed by atoms with van der Waals surface area (Å²) in [6.45, 7) is 1.08. The molecular formula is C20H19F3N4O4. The molecule has 2 fully saturated rings. The molecular weight excluding hydrogens is 417 g/mol. The number of carbonyl (C=O) groups excluding carboxylic acids is 2. The van der Waals surface area contributed by atoms with Crippen LogP contribution in [0.2, 0.25) is 0 Å².